The van der Waals surface area contributed by atoms with Gasteiger partial charge in [0.15, 0.2) is 5.82 Å². The van der Waals surface area contributed by atoms with Crippen LogP contribution < -0.4 is 10.5 Å². The molecule has 0 N–H and O–H groups in total. The third kappa shape index (κ3) is 5.43. The molecule has 37 heavy (non-hydrogen) atoms. The normalized spacial score (nSPS) is 17.8. The van der Waals surface area contributed by atoms with Gasteiger partial charge in [0.05, 0.1) is 36.6 Å². The number of amides is 1. The molecule has 1 atom stereocenters. The number of carbonyl (C=O) groups is 2. The molecule has 1 amide bonds. The number of ether oxygens (including phenoxy) is 2. The Bertz CT molecular complexity index is 1270. The van der Waals surface area contributed by atoms with Crippen molar-refractivity contribution in [3.05, 3.63) is 45.1 Å². The zero-order valence-electron chi connectivity index (χ0n) is 22.1. The first kappa shape index (κ1) is 26.9. The van der Waals surface area contributed by atoms with Crippen molar-refractivity contribution in [3.63, 3.8) is 0 Å². The molecule has 0 radical (unpaired) electrons. The summed E-state index contributed by atoms with van der Waals surface area (Å²) < 4.78 is 40.7. The second-order valence-corrected chi connectivity index (χ2v) is 10.7. The van der Waals surface area contributed by atoms with Gasteiger partial charge in [0.2, 0.25) is 0 Å². The number of anilines is 1. The van der Waals surface area contributed by atoms with E-state index in [2.05, 4.69) is 0 Å². The van der Waals surface area contributed by atoms with Gasteiger partial charge >= 0.3 is 12.1 Å². The largest absolute Gasteiger partial charge is 0.462 e. The van der Waals surface area contributed by atoms with E-state index in [4.69, 9.17) is 9.47 Å². The molecule has 0 unspecified atom stereocenters. The minimum atomic E-state index is -0.722. The van der Waals surface area contributed by atoms with Crippen LogP contribution in [0.3, 0.4) is 0 Å². The second kappa shape index (κ2) is 10.3. The molecule has 1 saturated carbocycles. The highest BCUT2D eigenvalue weighted by Crippen LogP contribution is 2.44. The molecule has 202 valence electrons. The maximum Gasteiger partial charge on any atom is 0.410 e. The van der Waals surface area contributed by atoms with Crippen molar-refractivity contribution in [2.45, 2.75) is 71.4 Å². The Balaban J connectivity index is 1.72. The number of nitrogens with zero attached hydrogens (tertiary/aromatic N) is 3. The van der Waals surface area contributed by atoms with Gasteiger partial charge in [-0.1, -0.05) is 0 Å². The molecule has 4 rings (SSSR count). The summed E-state index contributed by atoms with van der Waals surface area (Å²) >= 11 is 0. The van der Waals surface area contributed by atoms with E-state index in [1.165, 1.54) is 9.30 Å². The van der Waals surface area contributed by atoms with Crippen LogP contribution in [0.2, 0.25) is 0 Å². The molecule has 2 aromatic heterocycles. The summed E-state index contributed by atoms with van der Waals surface area (Å²) in [6, 6.07) is 1.25. The molecule has 1 aliphatic heterocycles. The average molecular weight is 520 g/mol. The van der Waals surface area contributed by atoms with Gasteiger partial charge < -0.3 is 19.3 Å². The maximum atomic E-state index is 15.6. The van der Waals surface area contributed by atoms with Gasteiger partial charge in [-0.25, -0.2) is 18.4 Å². The van der Waals surface area contributed by atoms with Crippen molar-refractivity contribution in [1.29, 1.82) is 0 Å². The number of aromatic nitrogens is 1. The van der Waals surface area contributed by atoms with Gasteiger partial charge in [-0.2, -0.15) is 0 Å². The Morgan fingerprint density at radius 1 is 1.22 bits per heavy atom. The van der Waals surface area contributed by atoms with Crippen molar-refractivity contribution in [2.75, 3.05) is 37.8 Å². The number of hydrogen-bond acceptors (Lipinski definition) is 6. The van der Waals surface area contributed by atoms with E-state index >= 15 is 4.39 Å². The van der Waals surface area contributed by atoms with E-state index in [9.17, 15) is 18.8 Å². The Morgan fingerprint density at radius 3 is 2.51 bits per heavy atom. The first-order chi connectivity index (χ1) is 17.5. The molecular formula is C27H35F2N3O5. The first-order valence-corrected chi connectivity index (χ1v) is 12.8. The summed E-state index contributed by atoms with van der Waals surface area (Å²) in [5.41, 5.74) is 0.900. The molecule has 3 heterocycles. The third-order valence-electron chi connectivity index (χ3n) is 6.83. The number of rotatable bonds is 7. The van der Waals surface area contributed by atoms with Gasteiger partial charge in [-0.15, -0.1) is 0 Å². The van der Waals surface area contributed by atoms with Crippen LogP contribution in [0, 0.1) is 12.7 Å². The van der Waals surface area contributed by atoms with E-state index in [0.717, 1.165) is 24.6 Å². The van der Waals surface area contributed by atoms with Gasteiger partial charge in [0.1, 0.15) is 17.8 Å². The predicted molar refractivity (Wildman–Crippen MR) is 136 cm³/mol. The molecule has 2 fully saturated rings. The fourth-order valence-electron chi connectivity index (χ4n) is 5.12. The van der Waals surface area contributed by atoms with Crippen molar-refractivity contribution >= 4 is 23.3 Å². The molecule has 2 aliphatic rings. The predicted octanol–water partition coefficient (Wildman–Crippen LogP) is 4.59. The SMILES string of the molecule is CCOC(=O)c1cc(C2CC2)c2c(C)c(N3CC[C@@H](N(CCF)C(=O)OC(C)(C)C)C3)c(F)cn2c1=O. The zero-order chi connectivity index (χ0) is 27.1. The zero-order valence-corrected chi connectivity index (χ0v) is 22.1. The van der Waals surface area contributed by atoms with Gasteiger partial charge in [-0.05, 0) is 77.0 Å². The Labute approximate surface area is 215 Å². The number of hydrogen-bond donors (Lipinski definition) is 0. The van der Waals surface area contributed by atoms with Gasteiger partial charge in [0.25, 0.3) is 5.56 Å². The Kier molecular flexibility index (Phi) is 7.48. The lowest BCUT2D eigenvalue weighted by atomic mass is 10.0. The van der Waals surface area contributed by atoms with Crippen LogP contribution in [0.15, 0.2) is 17.1 Å². The Hall–Kier alpha value is -3.17. The fourth-order valence-corrected chi connectivity index (χ4v) is 5.12. The minimum Gasteiger partial charge on any atom is -0.462 e. The molecule has 1 aliphatic carbocycles. The van der Waals surface area contributed by atoms with E-state index in [1.54, 1.807) is 40.7 Å². The molecule has 1 saturated heterocycles. The number of esters is 1. The van der Waals surface area contributed by atoms with E-state index in [1.807, 2.05) is 4.90 Å². The van der Waals surface area contributed by atoms with E-state index in [-0.39, 0.29) is 30.7 Å². The highest BCUT2D eigenvalue weighted by molar-refractivity contribution is 5.90. The minimum absolute atomic E-state index is 0.103. The van der Waals surface area contributed by atoms with Crippen LogP contribution in [0.5, 0.6) is 0 Å². The summed E-state index contributed by atoms with van der Waals surface area (Å²) in [4.78, 5) is 41.6. The molecule has 0 spiro atoms. The number of aryl methyl sites for hydroxylation is 1. The van der Waals surface area contributed by atoms with Crippen LogP contribution in [0.4, 0.5) is 19.3 Å². The van der Waals surface area contributed by atoms with Crippen molar-refractivity contribution < 1.29 is 27.8 Å². The first-order valence-electron chi connectivity index (χ1n) is 12.8. The molecule has 10 heteroatoms. The quantitative estimate of drug-likeness (QED) is 0.498. The summed E-state index contributed by atoms with van der Waals surface area (Å²) in [7, 11) is 0. The smallest absolute Gasteiger partial charge is 0.410 e. The summed E-state index contributed by atoms with van der Waals surface area (Å²) in [5.74, 6) is -1.15. The molecule has 8 nitrogen and oxygen atoms in total. The number of pyridine rings is 2. The highest BCUT2D eigenvalue weighted by atomic mass is 19.1. The third-order valence-corrected chi connectivity index (χ3v) is 6.83. The van der Waals surface area contributed by atoms with Crippen molar-refractivity contribution in [3.8, 4) is 0 Å². The van der Waals surface area contributed by atoms with Crippen LogP contribution in [0.1, 0.15) is 74.4 Å². The van der Waals surface area contributed by atoms with Crippen LogP contribution in [-0.4, -0.2) is 65.9 Å². The van der Waals surface area contributed by atoms with E-state index < -0.39 is 35.7 Å². The summed E-state index contributed by atoms with van der Waals surface area (Å²) in [6.07, 6.45) is 2.90. The molecular weight excluding hydrogens is 484 g/mol. The number of carbonyl (C=O) groups excluding carboxylic acids is 2. The van der Waals surface area contributed by atoms with Crippen LogP contribution in [0.25, 0.3) is 5.52 Å². The topological polar surface area (TPSA) is 80.6 Å². The monoisotopic (exact) mass is 519 g/mol. The lowest BCUT2D eigenvalue weighted by molar-refractivity contribution is 0.0165. The van der Waals surface area contributed by atoms with Crippen LogP contribution in [-0.2, 0) is 9.47 Å². The average Bonchev–Trinajstić information content (AvgIpc) is 3.55. The molecule has 0 aromatic carbocycles. The molecule has 2 aromatic rings. The van der Waals surface area contributed by atoms with Crippen LogP contribution >= 0.6 is 0 Å². The number of alkyl halides is 1. The van der Waals surface area contributed by atoms with Crippen molar-refractivity contribution in [1.82, 2.24) is 9.30 Å². The summed E-state index contributed by atoms with van der Waals surface area (Å²) in [5, 5.41) is 0. The number of halogens is 2. The maximum absolute atomic E-state index is 15.6. The number of fused-ring (bicyclic) bond motifs is 1. The summed E-state index contributed by atoms with van der Waals surface area (Å²) in [6.45, 7) is 8.75. The van der Waals surface area contributed by atoms with Crippen molar-refractivity contribution in [2.24, 2.45) is 0 Å². The lowest BCUT2D eigenvalue weighted by Gasteiger charge is -2.31. The lowest BCUT2D eigenvalue weighted by Crippen LogP contribution is -2.45. The standard InChI is InChI=1S/C27H35F2N3O5/c1-6-36-25(34)20-13-19(17-7-8-17)22-16(2)23(21(29)15-32(22)24(20)33)30-11-9-18(14-30)31(12-10-28)26(35)37-27(3,4)5/h13,15,17-18H,6-12,14H2,1-5H3/t18-/m1/s1. The fraction of sp³-hybridized carbons (Fsp3) is 0.593. The second-order valence-electron chi connectivity index (χ2n) is 10.7. The van der Waals surface area contributed by atoms with Gasteiger partial charge in [0, 0.05) is 13.1 Å². The Morgan fingerprint density at radius 2 is 1.92 bits per heavy atom. The van der Waals surface area contributed by atoms with E-state index in [0.29, 0.717) is 36.3 Å². The molecule has 0 bridgehead atoms. The highest BCUT2D eigenvalue weighted by Gasteiger charge is 2.36. The van der Waals surface area contributed by atoms with Gasteiger partial charge in [-0.3, -0.25) is 9.20 Å².